The number of phenolic OH excluding ortho intramolecular Hbond substituents is 1. The summed E-state index contributed by atoms with van der Waals surface area (Å²) in [5.74, 6) is 0.216. The van der Waals surface area contributed by atoms with E-state index in [-0.39, 0.29) is 11.5 Å². The highest BCUT2D eigenvalue weighted by atomic mass is 16.3. The van der Waals surface area contributed by atoms with E-state index in [1.165, 1.54) is 6.92 Å². The molecule has 0 atom stereocenters. The third kappa shape index (κ3) is 1.47. The lowest BCUT2D eigenvalue weighted by Gasteiger charge is -2.05. The number of benzene rings is 1. The second-order valence-electron chi connectivity index (χ2n) is 2.71. The van der Waals surface area contributed by atoms with Crippen LogP contribution in [0.25, 0.3) is 0 Å². The van der Waals surface area contributed by atoms with Gasteiger partial charge in [0.05, 0.1) is 0 Å². The second kappa shape index (κ2) is 3.39. The second-order valence-corrected chi connectivity index (χ2v) is 2.71. The van der Waals surface area contributed by atoms with Crippen LogP contribution in [0.15, 0.2) is 18.2 Å². The molecule has 0 aliphatic carbocycles. The average Bonchev–Trinajstić information content (AvgIpc) is 2.03. The molecule has 2 heteroatoms. The van der Waals surface area contributed by atoms with E-state index in [0.29, 0.717) is 12.0 Å². The molecule has 0 radical (unpaired) electrons. The molecule has 1 rings (SSSR count). The van der Waals surface area contributed by atoms with Gasteiger partial charge < -0.3 is 5.11 Å². The van der Waals surface area contributed by atoms with Crippen molar-refractivity contribution in [3.8, 4) is 5.75 Å². The molecule has 0 aromatic heterocycles. The van der Waals surface area contributed by atoms with Gasteiger partial charge in [0.25, 0.3) is 0 Å². The van der Waals surface area contributed by atoms with E-state index >= 15 is 0 Å². The number of hydrogen-bond donors (Lipinski definition) is 1. The van der Waals surface area contributed by atoms with Crippen LogP contribution in [0.3, 0.4) is 0 Å². The molecular formula is C10H12O2. The number of phenols is 1. The fraction of sp³-hybridized carbons (Fsp3) is 0.300. The van der Waals surface area contributed by atoms with Crippen molar-refractivity contribution < 1.29 is 9.90 Å². The van der Waals surface area contributed by atoms with E-state index in [4.69, 9.17) is 0 Å². The van der Waals surface area contributed by atoms with Crippen molar-refractivity contribution in [1.29, 1.82) is 0 Å². The highest BCUT2D eigenvalue weighted by Gasteiger charge is 2.08. The molecule has 12 heavy (non-hydrogen) atoms. The summed E-state index contributed by atoms with van der Waals surface area (Å²) < 4.78 is 0. The van der Waals surface area contributed by atoms with Crippen molar-refractivity contribution in [3.63, 3.8) is 0 Å². The topological polar surface area (TPSA) is 37.3 Å². The van der Waals surface area contributed by atoms with E-state index < -0.39 is 0 Å². The Morgan fingerprint density at radius 2 is 2.17 bits per heavy atom. The summed E-state index contributed by atoms with van der Waals surface area (Å²) in [7, 11) is 0. The predicted molar refractivity (Wildman–Crippen MR) is 47.5 cm³/mol. The summed E-state index contributed by atoms with van der Waals surface area (Å²) >= 11 is 0. The Bertz CT molecular complexity index is 303. The van der Waals surface area contributed by atoms with Crippen molar-refractivity contribution in [2.24, 2.45) is 0 Å². The van der Waals surface area contributed by atoms with E-state index in [9.17, 15) is 9.90 Å². The molecule has 0 saturated carbocycles. The van der Waals surface area contributed by atoms with E-state index in [1.807, 2.05) is 6.92 Å². The predicted octanol–water partition coefficient (Wildman–Crippen LogP) is 2.16. The fourth-order valence-corrected chi connectivity index (χ4v) is 1.28. The standard InChI is InChI=1S/C10H12O2/c1-3-8-9(7(2)11)5-4-6-10(8)12/h4-6,12H,3H2,1-2H3. The maximum Gasteiger partial charge on any atom is 0.160 e. The van der Waals surface area contributed by atoms with Gasteiger partial charge in [0.1, 0.15) is 5.75 Å². The zero-order valence-electron chi connectivity index (χ0n) is 7.29. The Hall–Kier alpha value is -1.31. The van der Waals surface area contributed by atoms with Crippen molar-refractivity contribution in [2.45, 2.75) is 20.3 Å². The number of ketones is 1. The molecule has 0 unspecified atom stereocenters. The summed E-state index contributed by atoms with van der Waals surface area (Å²) in [4.78, 5) is 11.1. The van der Waals surface area contributed by atoms with Crippen molar-refractivity contribution in [3.05, 3.63) is 29.3 Å². The van der Waals surface area contributed by atoms with Gasteiger partial charge in [-0.05, 0) is 19.4 Å². The molecular weight excluding hydrogens is 152 g/mol. The van der Waals surface area contributed by atoms with Gasteiger partial charge in [0, 0.05) is 11.1 Å². The molecule has 0 spiro atoms. The molecule has 1 aromatic rings. The quantitative estimate of drug-likeness (QED) is 0.680. The van der Waals surface area contributed by atoms with Gasteiger partial charge in [0.15, 0.2) is 5.78 Å². The number of Topliss-reactive ketones (excluding diaryl/α,β-unsaturated/α-hetero) is 1. The van der Waals surface area contributed by atoms with E-state index in [0.717, 1.165) is 5.56 Å². The molecule has 0 saturated heterocycles. The van der Waals surface area contributed by atoms with Gasteiger partial charge in [0.2, 0.25) is 0 Å². The summed E-state index contributed by atoms with van der Waals surface area (Å²) in [6.45, 7) is 3.43. The van der Waals surface area contributed by atoms with Gasteiger partial charge in [-0.3, -0.25) is 4.79 Å². The Labute approximate surface area is 71.8 Å². The first kappa shape index (κ1) is 8.78. The maximum atomic E-state index is 11.1. The normalized spacial score (nSPS) is 9.83. The van der Waals surface area contributed by atoms with Crippen LogP contribution in [-0.2, 0) is 6.42 Å². The maximum absolute atomic E-state index is 11.1. The lowest BCUT2D eigenvalue weighted by molar-refractivity contribution is 0.101. The number of carbonyl (C=O) groups is 1. The summed E-state index contributed by atoms with van der Waals surface area (Å²) in [6, 6.07) is 5.03. The largest absolute Gasteiger partial charge is 0.508 e. The lowest BCUT2D eigenvalue weighted by Crippen LogP contribution is -1.98. The molecule has 1 aromatic carbocycles. The number of carbonyl (C=O) groups excluding carboxylic acids is 1. The molecule has 0 fully saturated rings. The first-order valence-electron chi connectivity index (χ1n) is 3.98. The molecule has 0 aliphatic heterocycles. The van der Waals surface area contributed by atoms with Crippen LogP contribution in [-0.4, -0.2) is 10.9 Å². The SMILES string of the molecule is CCc1c(O)cccc1C(C)=O. The number of hydrogen-bond acceptors (Lipinski definition) is 2. The third-order valence-corrected chi connectivity index (χ3v) is 1.88. The van der Waals surface area contributed by atoms with Crippen molar-refractivity contribution in [1.82, 2.24) is 0 Å². The monoisotopic (exact) mass is 164 g/mol. The molecule has 0 aliphatic rings. The Kier molecular flexibility index (Phi) is 2.48. The number of aromatic hydroxyl groups is 1. The van der Waals surface area contributed by atoms with Crippen LogP contribution in [0.1, 0.15) is 29.8 Å². The molecule has 1 N–H and O–H groups in total. The fourth-order valence-electron chi connectivity index (χ4n) is 1.28. The van der Waals surface area contributed by atoms with E-state index in [2.05, 4.69) is 0 Å². The van der Waals surface area contributed by atoms with Crippen LogP contribution in [0.5, 0.6) is 5.75 Å². The average molecular weight is 164 g/mol. The summed E-state index contributed by atoms with van der Waals surface area (Å²) in [6.07, 6.45) is 0.682. The van der Waals surface area contributed by atoms with Crippen LogP contribution in [0, 0.1) is 0 Å². The van der Waals surface area contributed by atoms with E-state index in [1.54, 1.807) is 18.2 Å². The van der Waals surface area contributed by atoms with Crippen LogP contribution >= 0.6 is 0 Å². The Balaban J connectivity index is 3.27. The van der Waals surface area contributed by atoms with Gasteiger partial charge >= 0.3 is 0 Å². The van der Waals surface area contributed by atoms with Gasteiger partial charge in [-0.1, -0.05) is 19.1 Å². The zero-order chi connectivity index (χ0) is 9.14. The van der Waals surface area contributed by atoms with Crippen LogP contribution < -0.4 is 0 Å². The smallest absolute Gasteiger partial charge is 0.160 e. The minimum absolute atomic E-state index is 0.00255. The van der Waals surface area contributed by atoms with Gasteiger partial charge in [-0.15, -0.1) is 0 Å². The lowest BCUT2D eigenvalue weighted by atomic mass is 10.0. The molecule has 0 amide bonds. The van der Waals surface area contributed by atoms with Crippen LogP contribution in [0.2, 0.25) is 0 Å². The summed E-state index contributed by atoms with van der Waals surface area (Å²) in [5, 5.41) is 9.39. The zero-order valence-corrected chi connectivity index (χ0v) is 7.29. The minimum atomic E-state index is 0.00255. The summed E-state index contributed by atoms with van der Waals surface area (Å²) in [5.41, 5.74) is 1.36. The molecule has 64 valence electrons. The van der Waals surface area contributed by atoms with Crippen molar-refractivity contribution >= 4 is 5.78 Å². The first-order valence-corrected chi connectivity index (χ1v) is 3.98. The Morgan fingerprint density at radius 1 is 1.50 bits per heavy atom. The van der Waals surface area contributed by atoms with Gasteiger partial charge in [-0.25, -0.2) is 0 Å². The molecule has 0 bridgehead atoms. The first-order chi connectivity index (χ1) is 5.66. The van der Waals surface area contributed by atoms with Crippen LogP contribution in [0.4, 0.5) is 0 Å². The highest BCUT2D eigenvalue weighted by Crippen LogP contribution is 2.21. The number of rotatable bonds is 2. The molecule has 2 nitrogen and oxygen atoms in total. The van der Waals surface area contributed by atoms with Gasteiger partial charge in [-0.2, -0.15) is 0 Å². The Morgan fingerprint density at radius 3 is 2.58 bits per heavy atom. The third-order valence-electron chi connectivity index (χ3n) is 1.88. The van der Waals surface area contributed by atoms with Crippen molar-refractivity contribution in [2.75, 3.05) is 0 Å². The minimum Gasteiger partial charge on any atom is -0.508 e. The highest BCUT2D eigenvalue weighted by molar-refractivity contribution is 5.96. The molecule has 0 heterocycles.